The van der Waals surface area contributed by atoms with Gasteiger partial charge >= 0.3 is 6.09 Å². The van der Waals surface area contributed by atoms with Gasteiger partial charge < -0.3 is 19.9 Å². The Morgan fingerprint density at radius 3 is 2.55 bits per heavy atom. The number of ether oxygens (including phenoxy) is 1. The van der Waals surface area contributed by atoms with Gasteiger partial charge in [-0.2, -0.15) is 5.26 Å². The molecule has 0 radical (unpaired) electrons. The van der Waals surface area contributed by atoms with Gasteiger partial charge in [-0.3, -0.25) is 14.5 Å². The van der Waals surface area contributed by atoms with Crippen LogP contribution < -0.4 is 5.32 Å². The number of piperidine rings is 1. The lowest BCUT2D eigenvalue weighted by Gasteiger charge is -2.39. The van der Waals surface area contributed by atoms with Crippen molar-refractivity contribution in [3.05, 3.63) is 29.8 Å². The van der Waals surface area contributed by atoms with Crippen LogP contribution in [0.5, 0.6) is 0 Å². The van der Waals surface area contributed by atoms with Crippen LogP contribution in [-0.4, -0.2) is 108 Å². The number of hydrogen-bond donors (Lipinski definition) is 1. The minimum absolute atomic E-state index is 0.0187. The molecule has 1 saturated carbocycles. The van der Waals surface area contributed by atoms with Gasteiger partial charge in [0, 0.05) is 39.3 Å². The number of rotatable bonds is 8. The van der Waals surface area contributed by atoms with Crippen molar-refractivity contribution in [2.45, 2.75) is 93.7 Å². The molecule has 5 rings (SSSR count). The van der Waals surface area contributed by atoms with E-state index in [4.69, 9.17) is 4.74 Å². The largest absolute Gasteiger partial charge is 0.444 e. The van der Waals surface area contributed by atoms with Crippen LogP contribution in [0.2, 0.25) is 0 Å². The summed E-state index contributed by atoms with van der Waals surface area (Å²) in [6.45, 7) is 7.74. The first-order valence-corrected chi connectivity index (χ1v) is 15.9. The average Bonchev–Trinajstić information content (AvgIpc) is 3.23. The van der Waals surface area contributed by atoms with Gasteiger partial charge in [-0.25, -0.2) is 17.5 Å². The zero-order valence-corrected chi connectivity index (χ0v) is 25.8. The quantitative estimate of drug-likeness (QED) is 0.475. The van der Waals surface area contributed by atoms with E-state index in [2.05, 4.69) is 11.4 Å². The van der Waals surface area contributed by atoms with Gasteiger partial charge in [-0.1, -0.05) is 12.1 Å². The molecule has 13 heteroatoms. The van der Waals surface area contributed by atoms with Gasteiger partial charge in [0.1, 0.15) is 17.7 Å². The zero-order chi connectivity index (χ0) is 30.7. The fourth-order valence-electron chi connectivity index (χ4n) is 6.64. The van der Waals surface area contributed by atoms with Crippen molar-refractivity contribution in [3.8, 4) is 6.07 Å². The molecule has 7 atom stereocenters. The van der Waals surface area contributed by atoms with E-state index in [0.29, 0.717) is 25.3 Å². The number of nitrogens with one attached hydrogen (secondary N) is 1. The third-order valence-electron chi connectivity index (χ3n) is 8.76. The number of carbonyl (C=O) groups excluding carboxylic acids is 3. The number of amides is 3. The number of nitrogens with zero attached hydrogens (tertiary/aromatic N) is 5. The molecule has 4 aliphatic rings. The molecular weight excluding hydrogens is 560 g/mol. The van der Waals surface area contributed by atoms with Crippen molar-refractivity contribution in [2.24, 2.45) is 5.92 Å². The maximum absolute atomic E-state index is 13.8. The molecule has 4 fully saturated rings. The van der Waals surface area contributed by atoms with E-state index >= 15 is 0 Å². The molecule has 0 unspecified atom stereocenters. The second-order valence-electron chi connectivity index (χ2n) is 13.0. The van der Waals surface area contributed by atoms with E-state index in [0.717, 1.165) is 16.3 Å². The molecule has 0 spiro atoms. The summed E-state index contributed by atoms with van der Waals surface area (Å²) in [6, 6.07) is 6.47. The van der Waals surface area contributed by atoms with Gasteiger partial charge in [-0.15, -0.1) is 0 Å². The topological polar surface area (TPSA) is 143 Å². The molecule has 3 saturated heterocycles. The number of alkyl carbamates (subject to hydrolysis) is 1. The Hall–Kier alpha value is -3.21. The van der Waals surface area contributed by atoms with E-state index in [1.165, 1.54) is 14.1 Å². The Bertz CT molecular complexity index is 1420. The third kappa shape index (κ3) is 5.59. The summed E-state index contributed by atoms with van der Waals surface area (Å²) in [5.74, 6) is -0.0930. The second kappa shape index (κ2) is 10.8. The van der Waals surface area contributed by atoms with Crippen LogP contribution in [0.15, 0.2) is 29.2 Å². The fourth-order valence-corrected chi connectivity index (χ4v) is 7.60. The van der Waals surface area contributed by atoms with Crippen molar-refractivity contribution in [3.63, 3.8) is 0 Å². The van der Waals surface area contributed by atoms with Crippen molar-refractivity contribution in [1.82, 2.24) is 24.3 Å². The number of likely N-dealkylation sites (tertiary alicyclic amines) is 3. The van der Waals surface area contributed by atoms with E-state index in [9.17, 15) is 28.1 Å². The minimum Gasteiger partial charge on any atom is -0.444 e. The van der Waals surface area contributed by atoms with Crippen molar-refractivity contribution < 1.29 is 27.5 Å². The summed E-state index contributed by atoms with van der Waals surface area (Å²) < 4.78 is 32.0. The van der Waals surface area contributed by atoms with Crippen molar-refractivity contribution >= 4 is 27.9 Å². The fraction of sp³-hybridized carbons (Fsp3) is 0.655. The predicted molar refractivity (Wildman–Crippen MR) is 152 cm³/mol. The smallest absolute Gasteiger partial charge is 0.408 e. The highest BCUT2D eigenvalue weighted by Crippen LogP contribution is 2.48. The van der Waals surface area contributed by atoms with E-state index in [1.54, 1.807) is 43.9 Å². The lowest BCUT2D eigenvalue weighted by molar-refractivity contribution is -0.141. The van der Waals surface area contributed by atoms with Crippen LogP contribution in [0.4, 0.5) is 4.79 Å². The SMILES string of the molecule is C[C@H](c1cccc(S(=O)(=O)N(C)C)c1)N1C(=O)[C@H]2C[C@@H]1CN2C[C@H](NC(=O)OC(C)(C)C)C(=O)N1[C@H](C#N)C[C@@H]2C[C@@H]21. The van der Waals surface area contributed by atoms with Gasteiger partial charge in [-0.05, 0) is 70.6 Å². The summed E-state index contributed by atoms with van der Waals surface area (Å²) in [5, 5.41) is 12.4. The standard InChI is InChI=1S/C29H40N6O6S/c1-17(18-8-7-9-22(11-18)42(39,40)32(5)6)34-21-13-25(27(34)37)33(15-21)16-23(31-28(38)41-29(2,3)4)26(36)35-20(14-30)10-19-12-24(19)35/h7-9,11,17,19-21,23-25H,10,12-13,15-16H2,1-6H3,(H,31,38)/t17-,19-,20+,21-,23+,24+,25-/m1/s1. The van der Waals surface area contributed by atoms with Crippen LogP contribution in [-0.2, 0) is 24.3 Å². The first-order chi connectivity index (χ1) is 19.6. The lowest BCUT2D eigenvalue weighted by atomic mass is 10.1. The number of benzene rings is 1. The Kier molecular flexibility index (Phi) is 7.79. The summed E-state index contributed by atoms with van der Waals surface area (Å²) in [6.07, 6.45) is 1.35. The molecule has 1 N–H and O–H groups in total. The predicted octanol–water partition coefficient (Wildman–Crippen LogP) is 1.69. The summed E-state index contributed by atoms with van der Waals surface area (Å²) >= 11 is 0. The van der Waals surface area contributed by atoms with Crippen LogP contribution in [0, 0.1) is 17.2 Å². The molecule has 228 valence electrons. The summed E-state index contributed by atoms with van der Waals surface area (Å²) in [7, 11) is -0.669. The summed E-state index contributed by atoms with van der Waals surface area (Å²) in [4.78, 5) is 45.7. The molecule has 2 bridgehead atoms. The summed E-state index contributed by atoms with van der Waals surface area (Å²) in [5.41, 5.74) is -0.0366. The maximum atomic E-state index is 13.8. The van der Waals surface area contributed by atoms with Crippen molar-refractivity contribution in [1.29, 1.82) is 5.26 Å². The number of piperazine rings is 1. The van der Waals surface area contributed by atoms with Gasteiger partial charge in [0.25, 0.3) is 0 Å². The Morgan fingerprint density at radius 2 is 1.93 bits per heavy atom. The minimum atomic E-state index is -3.63. The first kappa shape index (κ1) is 30.3. The highest BCUT2D eigenvalue weighted by molar-refractivity contribution is 7.89. The zero-order valence-electron chi connectivity index (χ0n) is 25.0. The number of sulfonamides is 1. The highest BCUT2D eigenvalue weighted by atomic mass is 32.2. The van der Waals surface area contributed by atoms with Crippen LogP contribution in [0.25, 0.3) is 0 Å². The molecule has 12 nitrogen and oxygen atoms in total. The number of hydrogen-bond acceptors (Lipinski definition) is 8. The Balaban J connectivity index is 1.32. The lowest BCUT2D eigenvalue weighted by Crippen LogP contribution is -2.59. The van der Waals surface area contributed by atoms with Gasteiger partial charge in [0.15, 0.2) is 0 Å². The number of nitriles is 1. The molecule has 1 aliphatic carbocycles. The highest BCUT2D eigenvalue weighted by Gasteiger charge is 2.56. The molecule has 3 amide bonds. The third-order valence-corrected chi connectivity index (χ3v) is 10.6. The van der Waals surface area contributed by atoms with E-state index in [-0.39, 0.29) is 41.4 Å². The normalized spacial score (nSPS) is 28.4. The van der Waals surface area contributed by atoms with Crippen molar-refractivity contribution in [2.75, 3.05) is 27.2 Å². The van der Waals surface area contributed by atoms with Crippen LogP contribution in [0.1, 0.15) is 58.6 Å². The Labute approximate surface area is 247 Å². The second-order valence-corrected chi connectivity index (χ2v) is 15.2. The van der Waals surface area contributed by atoms with Crippen LogP contribution in [0.3, 0.4) is 0 Å². The molecule has 0 aromatic heterocycles. The van der Waals surface area contributed by atoms with E-state index in [1.807, 2.05) is 22.8 Å². The molecular formula is C29H40N6O6S. The Morgan fingerprint density at radius 1 is 1.21 bits per heavy atom. The molecule has 3 aliphatic heterocycles. The molecule has 1 aromatic rings. The van der Waals surface area contributed by atoms with Gasteiger partial charge in [0.05, 0.1) is 23.0 Å². The molecule has 3 heterocycles. The maximum Gasteiger partial charge on any atom is 0.408 e. The first-order valence-electron chi connectivity index (χ1n) is 14.4. The van der Waals surface area contributed by atoms with Gasteiger partial charge in [0.2, 0.25) is 21.8 Å². The average molecular weight is 601 g/mol. The van der Waals surface area contributed by atoms with E-state index < -0.39 is 39.8 Å². The monoisotopic (exact) mass is 600 g/mol. The van der Waals surface area contributed by atoms with Crippen LogP contribution >= 0.6 is 0 Å². The number of carbonyl (C=O) groups is 3. The molecule has 42 heavy (non-hydrogen) atoms. The number of fused-ring (bicyclic) bond motifs is 3. The molecule has 1 aromatic carbocycles.